The second-order valence-corrected chi connectivity index (χ2v) is 8.06. The van der Waals surface area contributed by atoms with E-state index in [9.17, 15) is 4.79 Å². The molecule has 2 nitrogen and oxygen atoms in total. The first-order chi connectivity index (χ1) is 10.6. The summed E-state index contributed by atoms with van der Waals surface area (Å²) >= 11 is 0. The minimum absolute atomic E-state index is 0.166. The summed E-state index contributed by atoms with van der Waals surface area (Å²) in [4.78, 5) is 15.0. The molecule has 0 aliphatic rings. The topological polar surface area (TPSA) is 20.3 Å². The molecule has 0 unspecified atom stereocenters. The van der Waals surface area contributed by atoms with Gasteiger partial charge in [0.15, 0.2) is 0 Å². The van der Waals surface area contributed by atoms with Crippen molar-refractivity contribution >= 4 is 11.6 Å². The molecule has 0 spiro atoms. The number of benzene rings is 1. The minimum Gasteiger partial charge on any atom is -0.309 e. The highest BCUT2D eigenvalue weighted by Gasteiger charge is 2.27. The molecule has 0 saturated heterocycles. The van der Waals surface area contributed by atoms with Gasteiger partial charge in [-0.2, -0.15) is 0 Å². The second-order valence-electron chi connectivity index (χ2n) is 8.06. The van der Waals surface area contributed by atoms with E-state index in [1.165, 1.54) is 16.7 Å². The maximum Gasteiger partial charge on any atom is 0.227 e. The van der Waals surface area contributed by atoms with Crippen molar-refractivity contribution in [1.82, 2.24) is 0 Å². The Balaban J connectivity index is 3.59. The quantitative estimate of drug-likeness (QED) is 0.627. The van der Waals surface area contributed by atoms with Gasteiger partial charge in [0.05, 0.1) is 5.69 Å². The molecular weight excluding hydrogens is 282 g/mol. The van der Waals surface area contributed by atoms with Crippen LogP contribution in [0, 0.1) is 12.8 Å². The van der Waals surface area contributed by atoms with Crippen molar-refractivity contribution in [3.8, 4) is 0 Å². The van der Waals surface area contributed by atoms with E-state index < -0.39 is 0 Å². The molecule has 0 saturated carbocycles. The van der Waals surface area contributed by atoms with Crippen molar-refractivity contribution < 1.29 is 4.79 Å². The SMILES string of the molecule is Cc1cc(C(C)C)c(N(C(=O)CC(C)C)C(C)C)c(C(C)C)c1. The number of hydrogen-bond acceptors (Lipinski definition) is 1. The summed E-state index contributed by atoms with van der Waals surface area (Å²) in [6.07, 6.45) is 0.598. The molecule has 0 aliphatic heterocycles. The Morgan fingerprint density at radius 2 is 1.35 bits per heavy atom. The number of nitrogens with zero attached hydrogens (tertiary/aromatic N) is 1. The lowest BCUT2D eigenvalue weighted by molar-refractivity contribution is -0.119. The predicted octanol–water partition coefficient (Wildman–Crippen LogP) is 6.03. The van der Waals surface area contributed by atoms with Crippen molar-refractivity contribution in [2.45, 2.75) is 86.6 Å². The first kappa shape index (κ1) is 19.7. The molecule has 0 aliphatic carbocycles. The third kappa shape index (κ3) is 4.83. The van der Waals surface area contributed by atoms with Crippen LogP contribution in [-0.4, -0.2) is 11.9 Å². The van der Waals surface area contributed by atoms with Crippen LogP contribution < -0.4 is 4.90 Å². The average Bonchev–Trinajstić information content (AvgIpc) is 2.38. The van der Waals surface area contributed by atoms with E-state index in [1.54, 1.807) is 0 Å². The number of aryl methyl sites for hydroxylation is 1. The fourth-order valence-electron chi connectivity index (χ4n) is 3.11. The molecule has 0 heterocycles. The lowest BCUT2D eigenvalue weighted by atomic mass is 9.89. The Morgan fingerprint density at radius 1 is 0.913 bits per heavy atom. The molecule has 130 valence electrons. The van der Waals surface area contributed by atoms with Gasteiger partial charge in [0.2, 0.25) is 5.91 Å². The summed E-state index contributed by atoms with van der Waals surface area (Å²) in [5, 5.41) is 0. The molecule has 1 aromatic rings. The number of carbonyl (C=O) groups is 1. The van der Waals surface area contributed by atoms with Gasteiger partial charge in [0.1, 0.15) is 0 Å². The van der Waals surface area contributed by atoms with Crippen LogP contribution in [0.3, 0.4) is 0 Å². The number of amides is 1. The van der Waals surface area contributed by atoms with Gasteiger partial charge in [0, 0.05) is 12.5 Å². The maximum atomic E-state index is 13.0. The summed E-state index contributed by atoms with van der Waals surface area (Å²) in [5.74, 6) is 1.41. The molecule has 0 atom stereocenters. The van der Waals surface area contributed by atoms with E-state index >= 15 is 0 Å². The molecule has 1 rings (SSSR count). The summed E-state index contributed by atoms with van der Waals surface area (Å²) in [7, 11) is 0. The molecule has 0 fully saturated rings. The van der Waals surface area contributed by atoms with Gasteiger partial charge in [0.25, 0.3) is 0 Å². The largest absolute Gasteiger partial charge is 0.309 e. The fourth-order valence-corrected chi connectivity index (χ4v) is 3.11. The van der Waals surface area contributed by atoms with Crippen molar-refractivity contribution in [3.05, 3.63) is 28.8 Å². The molecule has 23 heavy (non-hydrogen) atoms. The second kappa shape index (κ2) is 7.99. The van der Waals surface area contributed by atoms with E-state index in [0.717, 1.165) is 5.69 Å². The van der Waals surface area contributed by atoms with Gasteiger partial charge in [-0.05, 0) is 49.7 Å². The van der Waals surface area contributed by atoms with Crippen LogP contribution in [0.5, 0.6) is 0 Å². The van der Waals surface area contributed by atoms with Gasteiger partial charge < -0.3 is 4.90 Å². The summed E-state index contributed by atoms with van der Waals surface area (Å²) < 4.78 is 0. The molecule has 1 aromatic carbocycles. The summed E-state index contributed by atoms with van der Waals surface area (Å²) in [6, 6.07) is 4.67. The fraction of sp³-hybridized carbons (Fsp3) is 0.667. The van der Waals surface area contributed by atoms with Crippen molar-refractivity contribution in [3.63, 3.8) is 0 Å². The standard InChI is InChI=1S/C21H35NO/c1-13(2)10-20(23)22(16(7)8)21-18(14(3)4)11-17(9)12-19(21)15(5)6/h11-16H,10H2,1-9H3. The Kier molecular flexibility index (Phi) is 6.85. The minimum atomic E-state index is 0.166. The third-order valence-corrected chi connectivity index (χ3v) is 4.17. The molecular formula is C21H35NO. The van der Waals surface area contributed by atoms with Gasteiger partial charge in [-0.15, -0.1) is 0 Å². The van der Waals surface area contributed by atoms with E-state index in [2.05, 4.69) is 74.4 Å². The monoisotopic (exact) mass is 317 g/mol. The Morgan fingerprint density at radius 3 is 1.65 bits per heavy atom. The zero-order valence-electron chi connectivity index (χ0n) is 16.5. The summed E-state index contributed by atoms with van der Waals surface area (Å²) in [6.45, 7) is 19.5. The lowest BCUT2D eigenvalue weighted by Crippen LogP contribution is -2.39. The van der Waals surface area contributed by atoms with Crippen LogP contribution in [-0.2, 0) is 4.79 Å². The van der Waals surface area contributed by atoms with Crippen LogP contribution in [0.25, 0.3) is 0 Å². The maximum absolute atomic E-state index is 13.0. The van der Waals surface area contributed by atoms with Crippen molar-refractivity contribution in [2.75, 3.05) is 4.90 Å². The van der Waals surface area contributed by atoms with Gasteiger partial charge >= 0.3 is 0 Å². The van der Waals surface area contributed by atoms with Crippen LogP contribution in [0.15, 0.2) is 12.1 Å². The van der Waals surface area contributed by atoms with E-state index in [-0.39, 0.29) is 11.9 Å². The Bertz CT molecular complexity index is 512. The van der Waals surface area contributed by atoms with Gasteiger partial charge in [-0.25, -0.2) is 0 Å². The van der Waals surface area contributed by atoms with Crippen molar-refractivity contribution in [2.24, 2.45) is 5.92 Å². The molecule has 2 heteroatoms. The van der Waals surface area contributed by atoms with Gasteiger partial charge in [-0.1, -0.05) is 59.2 Å². The highest BCUT2D eigenvalue weighted by atomic mass is 16.2. The Hall–Kier alpha value is -1.31. The van der Waals surface area contributed by atoms with E-state index in [0.29, 0.717) is 24.2 Å². The average molecular weight is 318 g/mol. The highest BCUT2D eigenvalue weighted by molar-refractivity contribution is 5.96. The highest BCUT2D eigenvalue weighted by Crippen LogP contribution is 2.38. The zero-order chi connectivity index (χ0) is 17.9. The van der Waals surface area contributed by atoms with Crippen LogP contribution in [0.2, 0.25) is 0 Å². The van der Waals surface area contributed by atoms with E-state index in [1.807, 2.05) is 4.90 Å². The van der Waals surface area contributed by atoms with Crippen LogP contribution in [0.1, 0.15) is 90.3 Å². The lowest BCUT2D eigenvalue weighted by Gasteiger charge is -2.34. The first-order valence-electron chi connectivity index (χ1n) is 9.02. The third-order valence-electron chi connectivity index (χ3n) is 4.17. The molecule has 0 radical (unpaired) electrons. The van der Waals surface area contributed by atoms with E-state index in [4.69, 9.17) is 0 Å². The van der Waals surface area contributed by atoms with Gasteiger partial charge in [-0.3, -0.25) is 4.79 Å². The molecule has 0 bridgehead atoms. The molecule has 1 amide bonds. The predicted molar refractivity (Wildman–Crippen MR) is 101 cm³/mol. The summed E-state index contributed by atoms with van der Waals surface area (Å²) in [5.41, 5.74) is 5.02. The zero-order valence-corrected chi connectivity index (χ0v) is 16.5. The van der Waals surface area contributed by atoms with Crippen molar-refractivity contribution in [1.29, 1.82) is 0 Å². The van der Waals surface area contributed by atoms with Crippen LogP contribution >= 0.6 is 0 Å². The first-order valence-corrected chi connectivity index (χ1v) is 9.02. The molecule has 0 N–H and O–H groups in total. The van der Waals surface area contributed by atoms with Crippen LogP contribution in [0.4, 0.5) is 5.69 Å². The number of carbonyl (C=O) groups excluding carboxylic acids is 1. The normalized spacial score (nSPS) is 11.9. The molecule has 0 aromatic heterocycles. The number of hydrogen-bond donors (Lipinski definition) is 0. The Labute approximate surface area is 143 Å². The number of anilines is 1. The smallest absolute Gasteiger partial charge is 0.227 e. The number of rotatable bonds is 6.